The third-order valence-electron chi connectivity index (χ3n) is 6.55. The van der Waals surface area contributed by atoms with E-state index in [1.807, 2.05) is 0 Å². The Hall–Kier alpha value is -3.53. The van der Waals surface area contributed by atoms with Crippen molar-refractivity contribution in [1.29, 1.82) is 0 Å². The van der Waals surface area contributed by atoms with Gasteiger partial charge in [0.1, 0.15) is 17.6 Å². The number of fused-ring (bicyclic) bond motifs is 1. The number of aromatic nitrogens is 2. The monoisotopic (exact) mass is 489 g/mol. The number of ether oxygens (including phenoxy) is 1. The first-order valence-corrected chi connectivity index (χ1v) is 11.1. The van der Waals surface area contributed by atoms with Crippen molar-refractivity contribution in [2.75, 3.05) is 26.0 Å². The highest BCUT2D eigenvalue weighted by Gasteiger charge is 2.51. The van der Waals surface area contributed by atoms with Crippen molar-refractivity contribution in [2.24, 2.45) is 0 Å². The second kappa shape index (κ2) is 9.61. The number of H-pyrrole nitrogens is 1. The van der Waals surface area contributed by atoms with Crippen LogP contribution in [0.1, 0.15) is 35.4 Å². The molecule has 1 aliphatic carbocycles. The SMILES string of the molecule is [2H]C([2H])([2H])N(C(=O)C1(c2ccc(OC)cc2)CCC(F)(F)CC1)C(CO)C(=O)Nc1ccc2[nH]ccc2n1. The van der Waals surface area contributed by atoms with Crippen molar-refractivity contribution in [3.8, 4) is 5.75 Å². The molecule has 2 amide bonds. The molecule has 8 nitrogen and oxygen atoms in total. The summed E-state index contributed by atoms with van der Waals surface area (Å²) in [7, 11) is 1.45. The molecule has 1 atom stereocenters. The zero-order valence-electron chi connectivity index (χ0n) is 22.1. The number of nitrogens with one attached hydrogen (secondary N) is 2. The topological polar surface area (TPSA) is 108 Å². The molecule has 3 N–H and O–H groups in total. The Morgan fingerprint density at radius 3 is 2.54 bits per heavy atom. The van der Waals surface area contributed by atoms with Crippen LogP contribution in [0, 0.1) is 0 Å². The molecule has 3 aromatic rings. The molecule has 35 heavy (non-hydrogen) atoms. The van der Waals surface area contributed by atoms with Crippen molar-refractivity contribution < 1.29 is 32.3 Å². The summed E-state index contributed by atoms with van der Waals surface area (Å²) < 4.78 is 57.8. The van der Waals surface area contributed by atoms with Gasteiger partial charge in [-0.15, -0.1) is 0 Å². The van der Waals surface area contributed by atoms with Crippen LogP contribution in [0.3, 0.4) is 0 Å². The molecule has 10 heteroatoms. The minimum absolute atomic E-state index is 0.0840. The number of carbonyl (C=O) groups excluding carboxylic acids is 2. The molecule has 1 aliphatic rings. The quantitative estimate of drug-likeness (QED) is 0.471. The third kappa shape index (κ3) is 4.84. The Bertz CT molecular complexity index is 1300. The number of aromatic amines is 1. The van der Waals surface area contributed by atoms with E-state index in [-0.39, 0.29) is 18.7 Å². The number of nitrogens with zero attached hydrogens (tertiary/aromatic N) is 2. The maximum Gasteiger partial charge on any atom is 0.250 e. The molecule has 186 valence electrons. The third-order valence-corrected chi connectivity index (χ3v) is 6.55. The predicted octanol–water partition coefficient (Wildman–Crippen LogP) is 3.48. The summed E-state index contributed by atoms with van der Waals surface area (Å²) in [6, 6.07) is 9.13. The van der Waals surface area contributed by atoms with Crippen molar-refractivity contribution in [1.82, 2.24) is 14.9 Å². The summed E-state index contributed by atoms with van der Waals surface area (Å²) in [5.41, 5.74) is -0.0897. The first-order chi connectivity index (χ1) is 17.9. The minimum atomic E-state index is -3.17. The molecule has 2 heterocycles. The smallest absolute Gasteiger partial charge is 0.250 e. The number of aliphatic hydroxyl groups excluding tert-OH is 1. The Kier molecular flexibility index (Phi) is 5.72. The number of amides is 2. The van der Waals surface area contributed by atoms with Crippen LogP contribution in [0.25, 0.3) is 11.0 Å². The largest absolute Gasteiger partial charge is 0.497 e. The minimum Gasteiger partial charge on any atom is -0.497 e. The number of likely N-dealkylation sites (N-methyl/N-ethyl adjacent to an activating group) is 1. The maximum absolute atomic E-state index is 14.2. The first kappa shape index (κ1) is 20.8. The summed E-state index contributed by atoms with van der Waals surface area (Å²) in [6.07, 6.45) is -0.319. The van der Waals surface area contributed by atoms with E-state index in [1.54, 1.807) is 30.5 Å². The molecule has 1 aromatic carbocycles. The van der Waals surface area contributed by atoms with Crippen molar-refractivity contribution in [2.45, 2.75) is 43.1 Å². The summed E-state index contributed by atoms with van der Waals surface area (Å²) >= 11 is 0. The van der Waals surface area contributed by atoms with Gasteiger partial charge in [0.05, 0.1) is 30.2 Å². The molecule has 0 spiro atoms. The molecule has 1 saturated carbocycles. The highest BCUT2D eigenvalue weighted by Crippen LogP contribution is 2.47. The molecule has 0 radical (unpaired) electrons. The summed E-state index contributed by atoms with van der Waals surface area (Å²) in [4.78, 5) is 34.9. The van der Waals surface area contributed by atoms with Crippen LogP contribution >= 0.6 is 0 Å². The molecular formula is C25H28F2N4O4. The second-order valence-corrected chi connectivity index (χ2v) is 8.64. The number of rotatable bonds is 7. The molecule has 0 saturated heterocycles. The molecule has 1 unspecified atom stereocenters. The fraction of sp³-hybridized carbons (Fsp3) is 0.400. The van der Waals surface area contributed by atoms with Crippen LogP contribution in [-0.2, 0) is 15.0 Å². The average molecular weight is 490 g/mol. The van der Waals surface area contributed by atoms with E-state index >= 15 is 0 Å². The second-order valence-electron chi connectivity index (χ2n) is 8.64. The van der Waals surface area contributed by atoms with Gasteiger partial charge in [0, 0.05) is 30.1 Å². The molecular weight excluding hydrogens is 458 g/mol. The van der Waals surface area contributed by atoms with Gasteiger partial charge >= 0.3 is 0 Å². The molecule has 2 aromatic heterocycles. The maximum atomic E-state index is 14.2. The van der Waals surface area contributed by atoms with Gasteiger partial charge in [-0.2, -0.15) is 0 Å². The highest BCUT2D eigenvalue weighted by molar-refractivity contribution is 5.99. The van der Waals surface area contributed by atoms with E-state index in [2.05, 4.69) is 15.3 Å². The van der Waals surface area contributed by atoms with Gasteiger partial charge in [-0.1, -0.05) is 12.1 Å². The van der Waals surface area contributed by atoms with E-state index in [4.69, 9.17) is 8.85 Å². The van der Waals surface area contributed by atoms with Crippen LogP contribution in [0.2, 0.25) is 0 Å². The molecule has 1 fully saturated rings. The molecule has 0 aliphatic heterocycles. The summed E-state index contributed by atoms with van der Waals surface area (Å²) in [6.45, 7) is -4.18. The van der Waals surface area contributed by atoms with Crippen LogP contribution in [-0.4, -0.2) is 64.4 Å². The van der Waals surface area contributed by atoms with E-state index in [1.165, 1.54) is 25.3 Å². The van der Waals surface area contributed by atoms with Gasteiger partial charge in [0.25, 0.3) is 5.91 Å². The normalized spacial score (nSPS) is 19.1. The van der Waals surface area contributed by atoms with Crippen LogP contribution in [0.5, 0.6) is 5.75 Å². The van der Waals surface area contributed by atoms with E-state index in [0.717, 1.165) is 0 Å². The van der Waals surface area contributed by atoms with Gasteiger partial charge < -0.3 is 25.0 Å². The number of hydrogen-bond donors (Lipinski definition) is 3. The zero-order chi connectivity index (χ0) is 27.7. The standard InChI is InChI=1S/C25H28F2N4O4/c1-31(20(15-32)22(33)30-21-8-7-18-19(29-21)9-14-28-18)23(34)24(10-12-25(26,27)13-11-24)16-3-5-17(35-2)6-4-16/h3-9,14,20,28,32H,10-13,15H2,1-2H3,(H,29,30,33)/i1D3. The van der Waals surface area contributed by atoms with Gasteiger partial charge in [-0.25, -0.2) is 13.8 Å². The number of anilines is 1. The first-order valence-electron chi connectivity index (χ1n) is 12.6. The Balaban J connectivity index is 1.71. The van der Waals surface area contributed by atoms with Crippen LogP contribution in [0.4, 0.5) is 14.6 Å². The number of halogens is 2. The van der Waals surface area contributed by atoms with Gasteiger partial charge in [-0.05, 0) is 48.7 Å². The fourth-order valence-corrected chi connectivity index (χ4v) is 4.45. The van der Waals surface area contributed by atoms with E-state index in [9.17, 15) is 23.5 Å². The predicted molar refractivity (Wildman–Crippen MR) is 126 cm³/mol. The van der Waals surface area contributed by atoms with Gasteiger partial charge in [0.2, 0.25) is 11.8 Å². The number of carbonyl (C=O) groups is 2. The number of methoxy groups -OCH3 is 1. The lowest BCUT2D eigenvalue weighted by Crippen LogP contribution is -2.55. The number of alkyl halides is 2. The van der Waals surface area contributed by atoms with Crippen LogP contribution in [0.15, 0.2) is 48.7 Å². The van der Waals surface area contributed by atoms with Crippen molar-refractivity contribution in [3.05, 3.63) is 54.2 Å². The Morgan fingerprint density at radius 1 is 1.20 bits per heavy atom. The van der Waals surface area contributed by atoms with Gasteiger partial charge in [0.15, 0.2) is 0 Å². The van der Waals surface area contributed by atoms with Gasteiger partial charge in [-0.3, -0.25) is 9.59 Å². The lowest BCUT2D eigenvalue weighted by Gasteiger charge is -2.42. The molecule has 0 bridgehead atoms. The Labute approximate surface area is 205 Å². The van der Waals surface area contributed by atoms with Crippen molar-refractivity contribution >= 4 is 28.7 Å². The van der Waals surface area contributed by atoms with Crippen molar-refractivity contribution in [3.63, 3.8) is 0 Å². The number of hydrogen-bond acceptors (Lipinski definition) is 5. The lowest BCUT2D eigenvalue weighted by atomic mass is 9.67. The Morgan fingerprint density at radius 2 is 1.91 bits per heavy atom. The van der Waals surface area contributed by atoms with Crippen LogP contribution < -0.4 is 10.1 Å². The molecule has 4 rings (SSSR count). The summed E-state index contributed by atoms with van der Waals surface area (Å²) in [5.74, 6) is -4.49. The van der Waals surface area contributed by atoms with E-state index < -0.39 is 55.6 Å². The lowest BCUT2D eigenvalue weighted by molar-refractivity contribution is -0.147. The zero-order valence-corrected chi connectivity index (χ0v) is 19.1. The number of benzene rings is 1. The average Bonchev–Trinajstić information content (AvgIpc) is 3.34. The summed E-state index contributed by atoms with van der Waals surface area (Å²) in [5, 5.41) is 12.6. The highest BCUT2D eigenvalue weighted by atomic mass is 19.3. The number of pyridine rings is 1. The fourth-order valence-electron chi connectivity index (χ4n) is 4.45. The number of aliphatic hydroxyl groups is 1. The van der Waals surface area contributed by atoms with E-state index in [0.29, 0.717) is 27.2 Å².